The van der Waals surface area contributed by atoms with Crippen LogP contribution < -0.4 is 20.2 Å². The number of benzene rings is 3. The molecule has 0 fully saturated rings. The number of rotatable bonds is 7. The van der Waals surface area contributed by atoms with Crippen LogP contribution in [0.4, 0.5) is 5.69 Å². The molecular weight excluding hydrogens is 394 g/mol. The van der Waals surface area contributed by atoms with Gasteiger partial charge in [-0.2, -0.15) is 0 Å². The van der Waals surface area contributed by atoms with Gasteiger partial charge >= 0.3 is 0 Å². The summed E-state index contributed by atoms with van der Waals surface area (Å²) < 4.78 is 16.6. The number of amides is 1. The number of anilines is 1. The van der Waals surface area contributed by atoms with E-state index in [0.29, 0.717) is 34.8 Å². The Kier molecular flexibility index (Phi) is 5.98. The highest BCUT2D eigenvalue weighted by Gasteiger charge is 2.09. The second-order valence-corrected chi connectivity index (χ2v) is 6.87. The van der Waals surface area contributed by atoms with Gasteiger partial charge in [0.05, 0.1) is 25.5 Å². The summed E-state index contributed by atoms with van der Waals surface area (Å²) in [5, 5.41) is 3.30. The summed E-state index contributed by atoms with van der Waals surface area (Å²) in [6.07, 6.45) is 0.236. The largest absolute Gasteiger partial charge is 0.497 e. The smallest absolute Gasteiger partial charge is 0.227 e. The third-order valence-corrected chi connectivity index (χ3v) is 4.73. The number of fused-ring (bicyclic) bond motifs is 1. The van der Waals surface area contributed by atoms with Crippen molar-refractivity contribution >= 4 is 22.6 Å². The lowest BCUT2D eigenvalue weighted by atomic mass is 10.1. The van der Waals surface area contributed by atoms with Crippen molar-refractivity contribution in [2.24, 2.45) is 0 Å². The zero-order valence-electron chi connectivity index (χ0n) is 17.0. The Morgan fingerprint density at radius 2 is 1.71 bits per heavy atom. The molecule has 6 nitrogen and oxygen atoms in total. The van der Waals surface area contributed by atoms with Crippen LogP contribution in [0.25, 0.3) is 22.3 Å². The van der Waals surface area contributed by atoms with E-state index in [1.807, 2.05) is 30.3 Å². The molecule has 4 rings (SSSR count). The Balaban J connectivity index is 1.41. The van der Waals surface area contributed by atoms with Crippen molar-refractivity contribution in [3.8, 4) is 22.8 Å². The average molecular weight is 415 g/mol. The number of hydrogen-bond donors (Lipinski definition) is 1. The minimum Gasteiger partial charge on any atom is -0.497 e. The Labute approximate surface area is 179 Å². The SMILES string of the molecule is COc1ccc2oc(-c3ccc(NC(=O)CCOc4ccccc4)cc3)cc(=O)c2c1. The number of carbonyl (C=O) groups is 1. The molecule has 0 radical (unpaired) electrons. The summed E-state index contributed by atoms with van der Waals surface area (Å²) in [5.41, 5.74) is 1.73. The number of methoxy groups -OCH3 is 1. The molecule has 31 heavy (non-hydrogen) atoms. The first-order valence-electron chi connectivity index (χ1n) is 9.82. The summed E-state index contributed by atoms with van der Waals surface area (Å²) in [6.45, 7) is 0.293. The van der Waals surface area contributed by atoms with E-state index < -0.39 is 0 Å². The molecule has 1 aromatic heterocycles. The fraction of sp³-hybridized carbons (Fsp3) is 0.120. The minimum atomic E-state index is -0.147. The van der Waals surface area contributed by atoms with Crippen LogP contribution in [0.3, 0.4) is 0 Å². The molecular formula is C25H21NO5. The number of hydrogen-bond acceptors (Lipinski definition) is 5. The fourth-order valence-corrected chi connectivity index (χ4v) is 3.12. The molecule has 3 aromatic carbocycles. The molecule has 156 valence electrons. The lowest BCUT2D eigenvalue weighted by Crippen LogP contribution is -2.15. The lowest BCUT2D eigenvalue weighted by Gasteiger charge is -2.08. The Morgan fingerprint density at radius 3 is 2.45 bits per heavy atom. The monoisotopic (exact) mass is 415 g/mol. The first-order valence-corrected chi connectivity index (χ1v) is 9.82. The third kappa shape index (κ3) is 4.93. The van der Waals surface area contributed by atoms with Crippen LogP contribution in [-0.4, -0.2) is 19.6 Å². The maximum Gasteiger partial charge on any atom is 0.227 e. The maximum atomic E-state index is 12.5. The Bertz CT molecular complexity index is 1250. The van der Waals surface area contributed by atoms with Gasteiger partial charge in [0.2, 0.25) is 5.91 Å². The predicted octanol–water partition coefficient (Wildman–Crippen LogP) is 4.88. The van der Waals surface area contributed by atoms with Gasteiger partial charge in [-0.25, -0.2) is 0 Å². The van der Waals surface area contributed by atoms with Crippen molar-refractivity contribution in [2.45, 2.75) is 6.42 Å². The Morgan fingerprint density at radius 1 is 0.935 bits per heavy atom. The van der Waals surface area contributed by atoms with Crippen LogP contribution in [0.1, 0.15) is 6.42 Å². The lowest BCUT2D eigenvalue weighted by molar-refractivity contribution is -0.116. The van der Waals surface area contributed by atoms with Crippen LogP contribution in [0.15, 0.2) is 88.1 Å². The van der Waals surface area contributed by atoms with Gasteiger partial charge in [0.25, 0.3) is 0 Å². The molecule has 4 aromatic rings. The molecule has 0 atom stereocenters. The van der Waals surface area contributed by atoms with E-state index in [0.717, 1.165) is 11.3 Å². The molecule has 0 aliphatic heterocycles. The van der Waals surface area contributed by atoms with Crippen LogP contribution in [0.5, 0.6) is 11.5 Å². The second-order valence-electron chi connectivity index (χ2n) is 6.87. The van der Waals surface area contributed by atoms with Crippen LogP contribution in [0.2, 0.25) is 0 Å². The minimum absolute atomic E-state index is 0.144. The summed E-state index contributed by atoms with van der Waals surface area (Å²) in [5.74, 6) is 1.64. The van der Waals surface area contributed by atoms with E-state index in [1.165, 1.54) is 6.07 Å². The van der Waals surface area contributed by atoms with E-state index in [-0.39, 0.29) is 17.8 Å². The highest BCUT2D eigenvalue weighted by molar-refractivity contribution is 5.91. The molecule has 1 heterocycles. The van der Waals surface area contributed by atoms with Gasteiger partial charge in [-0.05, 0) is 54.6 Å². The number of nitrogens with one attached hydrogen (secondary N) is 1. The van der Waals surface area contributed by atoms with E-state index in [1.54, 1.807) is 49.6 Å². The molecule has 6 heteroatoms. The maximum absolute atomic E-state index is 12.5. The highest BCUT2D eigenvalue weighted by atomic mass is 16.5. The molecule has 1 N–H and O–H groups in total. The van der Waals surface area contributed by atoms with Crippen molar-refractivity contribution in [1.82, 2.24) is 0 Å². The second kappa shape index (κ2) is 9.17. The van der Waals surface area contributed by atoms with Crippen molar-refractivity contribution in [3.05, 3.63) is 89.1 Å². The zero-order valence-corrected chi connectivity index (χ0v) is 17.0. The summed E-state index contributed by atoms with van der Waals surface area (Å²) in [7, 11) is 1.55. The van der Waals surface area contributed by atoms with Crippen LogP contribution in [-0.2, 0) is 4.79 Å². The van der Waals surface area contributed by atoms with Gasteiger partial charge in [-0.1, -0.05) is 18.2 Å². The van der Waals surface area contributed by atoms with Crippen molar-refractivity contribution < 1.29 is 18.7 Å². The van der Waals surface area contributed by atoms with E-state index in [2.05, 4.69) is 5.32 Å². The van der Waals surface area contributed by atoms with E-state index in [9.17, 15) is 9.59 Å². The fourth-order valence-electron chi connectivity index (χ4n) is 3.12. The number of ether oxygens (including phenoxy) is 2. The standard InChI is InChI=1S/C25H21NO5/c1-29-20-11-12-23-21(15-20)22(27)16-24(31-23)17-7-9-18(10-8-17)26-25(28)13-14-30-19-5-3-2-4-6-19/h2-12,15-16H,13-14H2,1H3,(H,26,28). The molecule has 0 aliphatic carbocycles. The summed E-state index contributed by atoms with van der Waals surface area (Å²) in [6, 6.07) is 23.1. The molecule has 0 saturated heterocycles. The molecule has 1 amide bonds. The zero-order chi connectivity index (χ0) is 21.6. The first-order chi connectivity index (χ1) is 15.1. The van der Waals surface area contributed by atoms with E-state index in [4.69, 9.17) is 13.9 Å². The number of para-hydroxylation sites is 1. The van der Waals surface area contributed by atoms with Crippen molar-refractivity contribution in [3.63, 3.8) is 0 Å². The third-order valence-electron chi connectivity index (χ3n) is 4.73. The summed E-state index contributed by atoms with van der Waals surface area (Å²) in [4.78, 5) is 24.6. The van der Waals surface area contributed by atoms with Crippen LogP contribution >= 0.6 is 0 Å². The van der Waals surface area contributed by atoms with Crippen molar-refractivity contribution in [2.75, 3.05) is 19.0 Å². The average Bonchev–Trinajstić information content (AvgIpc) is 2.80. The van der Waals surface area contributed by atoms with Crippen molar-refractivity contribution in [1.29, 1.82) is 0 Å². The molecule has 0 unspecified atom stereocenters. The normalized spacial score (nSPS) is 10.6. The van der Waals surface area contributed by atoms with E-state index >= 15 is 0 Å². The topological polar surface area (TPSA) is 77.8 Å². The van der Waals surface area contributed by atoms with Crippen LogP contribution in [0, 0.1) is 0 Å². The van der Waals surface area contributed by atoms with Gasteiger partial charge in [-0.3, -0.25) is 9.59 Å². The Hall–Kier alpha value is -4.06. The highest BCUT2D eigenvalue weighted by Crippen LogP contribution is 2.25. The molecule has 0 aliphatic rings. The van der Waals surface area contributed by atoms with Gasteiger partial charge in [0.1, 0.15) is 22.8 Å². The van der Waals surface area contributed by atoms with Gasteiger partial charge in [0.15, 0.2) is 5.43 Å². The van der Waals surface area contributed by atoms with Gasteiger partial charge in [0, 0.05) is 17.3 Å². The quantitative estimate of drug-likeness (QED) is 0.466. The molecule has 0 bridgehead atoms. The predicted molar refractivity (Wildman–Crippen MR) is 120 cm³/mol. The summed E-state index contributed by atoms with van der Waals surface area (Å²) >= 11 is 0. The molecule has 0 saturated carbocycles. The number of carbonyl (C=O) groups excluding carboxylic acids is 1. The van der Waals surface area contributed by atoms with Gasteiger partial charge < -0.3 is 19.2 Å². The first kappa shape index (κ1) is 20.2. The molecule has 0 spiro atoms. The van der Waals surface area contributed by atoms with Gasteiger partial charge in [-0.15, -0.1) is 0 Å².